The van der Waals surface area contributed by atoms with E-state index in [4.69, 9.17) is 5.73 Å². The normalized spacial score (nSPS) is 18.9. The fourth-order valence-corrected chi connectivity index (χ4v) is 1.00. The zero-order valence-corrected chi connectivity index (χ0v) is 9.46. The average Bonchev–Trinajstić information content (AvgIpc) is 2.20. The molecule has 0 spiro atoms. The molecule has 0 aromatic carbocycles. The molecule has 92 valence electrons. The monoisotopic (exact) mass is 259 g/mol. The van der Waals surface area contributed by atoms with E-state index in [2.05, 4.69) is 38.1 Å². The van der Waals surface area contributed by atoms with Crippen LogP contribution in [0.3, 0.4) is 0 Å². The summed E-state index contributed by atoms with van der Waals surface area (Å²) in [5, 5.41) is 7.72. The third-order valence-corrected chi connectivity index (χ3v) is 1.61. The number of hydrogen-bond acceptors (Lipinski definition) is 6. The molecule has 1 aliphatic heterocycles. The van der Waals surface area contributed by atoms with E-state index in [0.29, 0.717) is 0 Å². The maximum absolute atomic E-state index is 11.4. The van der Waals surface area contributed by atoms with Crippen molar-refractivity contribution in [1.29, 1.82) is 0 Å². The number of nitrogens with one attached hydrogen (secondary N) is 3. The van der Waals surface area contributed by atoms with Crippen molar-refractivity contribution < 1.29 is 19.1 Å². The van der Waals surface area contributed by atoms with Crippen LogP contribution in [0.15, 0.2) is 5.10 Å². The van der Waals surface area contributed by atoms with Crippen LogP contribution >= 0.6 is 12.2 Å². The van der Waals surface area contributed by atoms with Crippen molar-refractivity contribution in [3.63, 3.8) is 0 Å². The van der Waals surface area contributed by atoms with Gasteiger partial charge in [0.1, 0.15) is 0 Å². The van der Waals surface area contributed by atoms with Crippen LogP contribution in [0.2, 0.25) is 0 Å². The number of guanidine groups is 1. The fourth-order valence-electron chi connectivity index (χ4n) is 0.955. The second-order valence-corrected chi connectivity index (χ2v) is 3.34. The minimum atomic E-state index is -1.53. The van der Waals surface area contributed by atoms with E-state index in [1.165, 1.54) is 0 Å². The van der Waals surface area contributed by atoms with Crippen LogP contribution in [-0.4, -0.2) is 35.0 Å². The Labute approximate surface area is 101 Å². The maximum atomic E-state index is 11.4. The van der Waals surface area contributed by atoms with Gasteiger partial charge in [-0.2, -0.15) is 0 Å². The third-order valence-electron chi connectivity index (χ3n) is 1.52. The van der Waals surface area contributed by atoms with E-state index in [1.807, 2.05) is 0 Å². The van der Waals surface area contributed by atoms with Crippen molar-refractivity contribution in [3.05, 3.63) is 0 Å². The number of carbonyl (C=O) groups excluding carboxylic acids is 3. The molecule has 1 fully saturated rings. The highest BCUT2D eigenvalue weighted by Crippen LogP contribution is 1.98. The molecule has 0 aromatic rings. The molecule has 0 radical (unpaired) electrons. The first kappa shape index (κ1) is 12.8. The van der Waals surface area contributed by atoms with E-state index in [1.54, 1.807) is 0 Å². The van der Waals surface area contributed by atoms with Gasteiger partial charge in [0.2, 0.25) is 5.96 Å². The molecule has 0 aromatic heterocycles. The summed E-state index contributed by atoms with van der Waals surface area (Å²) >= 11 is 4.47. The van der Waals surface area contributed by atoms with Gasteiger partial charge < -0.3 is 10.5 Å². The van der Waals surface area contributed by atoms with Gasteiger partial charge in [-0.25, -0.2) is 0 Å². The molecule has 0 aliphatic carbocycles. The highest BCUT2D eigenvalue weighted by molar-refractivity contribution is 7.80. The van der Waals surface area contributed by atoms with E-state index >= 15 is 0 Å². The summed E-state index contributed by atoms with van der Waals surface area (Å²) in [6.07, 6.45) is -1.53. The van der Waals surface area contributed by atoms with E-state index in [9.17, 15) is 14.4 Å². The molecule has 9 nitrogen and oxygen atoms in total. The predicted octanol–water partition coefficient (Wildman–Crippen LogP) is -2.73. The number of ether oxygens (including phenoxy) is 1. The van der Waals surface area contributed by atoms with E-state index < -0.39 is 23.9 Å². The highest BCUT2D eigenvalue weighted by atomic mass is 32.1. The summed E-state index contributed by atoms with van der Waals surface area (Å²) in [4.78, 5) is 33.4. The van der Waals surface area contributed by atoms with Crippen molar-refractivity contribution in [3.8, 4) is 0 Å². The predicted molar refractivity (Wildman–Crippen MR) is 59.2 cm³/mol. The van der Waals surface area contributed by atoms with Crippen LogP contribution in [0.5, 0.6) is 0 Å². The number of carbonyl (C=O) groups is 3. The van der Waals surface area contributed by atoms with Gasteiger partial charge in [-0.05, 0) is 12.2 Å². The number of nitrogens with two attached hydrogens (primary N) is 1. The standard InChI is InChI=1S/C7H9N5O4S/c1-2(13)16-3-4(14)9-7(10-5(3)15)12-11-6(8)17/h3H,1H3,(H3,8,11,17)(H2,9,10,12,14,15). The van der Waals surface area contributed by atoms with Crippen molar-refractivity contribution in [1.82, 2.24) is 16.1 Å². The van der Waals surface area contributed by atoms with Gasteiger partial charge in [-0.15, -0.1) is 5.10 Å². The number of rotatable bonds is 2. The fraction of sp³-hybridized carbons (Fsp3) is 0.286. The zero-order chi connectivity index (χ0) is 13.0. The Morgan fingerprint density at radius 1 is 1.47 bits per heavy atom. The second kappa shape index (κ2) is 5.21. The van der Waals surface area contributed by atoms with Crippen molar-refractivity contribution in [2.24, 2.45) is 10.8 Å². The zero-order valence-electron chi connectivity index (χ0n) is 8.64. The quantitative estimate of drug-likeness (QED) is 0.183. The maximum Gasteiger partial charge on any atom is 0.303 e. The first-order valence-electron chi connectivity index (χ1n) is 4.32. The van der Waals surface area contributed by atoms with E-state index in [0.717, 1.165) is 6.92 Å². The Bertz CT molecular complexity index is 400. The van der Waals surface area contributed by atoms with E-state index in [-0.39, 0.29) is 11.1 Å². The van der Waals surface area contributed by atoms with Gasteiger partial charge >= 0.3 is 5.97 Å². The number of nitrogens with zero attached hydrogens (tertiary/aromatic N) is 1. The van der Waals surface area contributed by atoms with Gasteiger partial charge in [-0.1, -0.05) is 0 Å². The summed E-state index contributed by atoms with van der Waals surface area (Å²) < 4.78 is 4.50. The number of hydrogen-bond donors (Lipinski definition) is 4. The molecular weight excluding hydrogens is 250 g/mol. The average molecular weight is 259 g/mol. The number of hydrazone groups is 1. The summed E-state index contributed by atoms with van der Waals surface area (Å²) in [6.45, 7) is 1.08. The Morgan fingerprint density at radius 2 is 2.00 bits per heavy atom. The van der Waals surface area contributed by atoms with Gasteiger partial charge in [-0.3, -0.25) is 30.4 Å². The Hall–Kier alpha value is -2.23. The summed E-state index contributed by atoms with van der Waals surface area (Å²) in [5.41, 5.74) is 7.26. The van der Waals surface area contributed by atoms with Gasteiger partial charge in [0.15, 0.2) is 5.11 Å². The molecule has 10 heteroatoms. The van der Waals surface area contributed by atoms with Crippen molar-refractivity contribution >= 4 is 41.1 Å². The third kappa shape index (κ3) is 3.68. The van der Waals surface area contributed by atoms with Crippen LogP contribution < -0.4 is 21.8 Å². The first-order chi connectivity index (χ1) is 7.90. The van der Waals surface area contributed by atoms with Gasteiger partial charge in [0.25, 0.3) is 17.9 Å². The summed E-state index contributed by atoms with van der Waals surface area (Å²) in [6, 6.07) is 0. The number of amides is 2. The molecule has 1 aliphatic rings. The second-order valence-electron chi connectivity index (χ2n) is 2.90. The van der Waals surface area contributed by atoms with Crippen molar-refractivity contribution in [2.45, 2.75) is 13.0 Å². The molecule has 0 unspecified atom stereocenters. The lowest BCUT2D eigenvalue weighted by Crippen LogP contribution is -2.61. The van der Waals surface area contributed by atoms with Crippen molar-refractivity contribution in [2.75, 3.05) is 0 Å². The Balaban J connectivity index is 2.70. The molecule has 0 saturated carbocycles. The largest absolute Gasteiger partial charge is 0.442 e. The molecule has 1 rings (SSSR count). The van der Waals surface area contributed by atoms with Crippen LogP contribution in [0.25, 0.3) is 0 Å². The molecule has 0 bridgehead atoms. The number of thiocarbonyl (C=S) groups is 1. The number of esters is 1. The molecule has 1 saturated heterocycles. The Kier molecular flexibility index (Phi) is 3.93. The molecule has 5 N–H and O–H groups in total. The molecular formula is C7H9N5O4S. The van der Waals surface area contributed by atoms with Crippen LogP contribution in [0.4, 0.5) is 0 Å². The molecule has 2 amide bonds. The minimum absolute atomic E-state index is 0.136. The lowest BCUT2D eigenvalue weighted by molar-refractivity contribution is -0.160. The minimum Gasteiger partial charge on any atom is -0.442 e. The summed E-state index contributed by atoms with van der Waals surface area (Å²) in [7, 11) is 0. The highest BCUT2D eigenvalue weighted by Gasteiger charge is 2.35. The molecule has 17 heavy (non-hydrogen) atoms. The summed E-state index contributed by atoms with van der Waals surface area (Å²) in [5.74, 6) is -2.56. The lowest BCUT2D eigenvalue weighted by atomic mass is 10.2. The SMILES string of the molecule is CC(=O)OC1C(=O)NC(=NNC(N)=S)NC1=O. The molecule has 0 atom stereocenters. The van der Waals surface area contributed by atoms with Crippen LogP contribution in [0.1, 0.15) is 6.92 Å². The van der Waals surface area contributed by atoms with Crippen LogP contribution in [0, 0.1) is 0 Å². The van der Waals surface area contributed by atoms with Gasteiger partial charge in [0.05, 0.1) is 0 Å². The van der Waals surface area contributed by atoms with Crippen LogP contribution in [-0.2, 0) is 19.1 Å². The lowest BCUT2D eigenvalue weighted by Gasteiger charge is -2.22. The molecule has 1 heterocycles. The smallest absolute Gasteiger partial charge is 0.303 e. The Morgan fingerprint density at radius 3 is 2.41 bits per heavy atom. The first-order valence-corrected chi connectivity index (χ1v) is 4.73. The van der Waals surface area contributed by atoms with Gasteiger partial charge in [0, 0.05) is 6.92 Å². The topological polar surface area (TPSA) is 135 Å².